The molecule has 0 unspecified atom stereocenters. The first-order valence-corrected chi connectivity index (χ1v) is 33.9. The van der Waals surface area contributed by atoms with Crippen LogP contribution in [0.1, 0.15) is 288 Å². The number of ketones is 1. The van der Waals surface area contributed by atoms with Crippen LogP contribution in [-0.2, 0) is 4.79 Å². The summed E-state index contributed by atoms with van der Waals surface area (Å²) in [6, 6.07) is 0. The van der Waals surface area contributed by atoms with Crippen LogP contribution >= 0.6 is 0 Å². The average Bonchev–Trinajstić information content (AvgIpc) is 4.44. The van der Waals surface area contributed by atoms with Crippen molar-refractivity contribution in [1.82, 2.24) is 15.3 Å². The van der Waals surface area contributed by atoms with E-state index in [-0.39, 0.29) is 11.5 Å². The van der Waals surface area contributed by atoms with Crippen molar-refractivity contribution in [3.63, 3.8) is 0 Å². The quantitative estimate of drug-likeness (QED) is 0.0333. The molecule has 1 aromatic rings. The van der Waals surface area contributed by atoms with Crippen molar-refractivity contribution < 1.29 is 9.90 Å². The summed E-state index contributed by atoms with van der Waals surface area (Å²) in [6.45, 7) is 3.68. The second-order valence-corrected chi connectivity index (χ2v) is 26.3. The van der Waals surface area contributed by atoms with E-state index in [2.05, 4.69) is 21.3 Å². The van der Waals surface area contributed by atoms with Crippen molar-refractivity contribution in [3.8, 4) is 0 Å². The fourth-order valence-corrected chi connectivity index (χ4v) is 15.5. The molecule has 7 aliphatic carbocycles. The van der Waals surface area contributed by atoms with Gasteiger partial charge in [0.1, 0.15) is 23.2 Å². The Hall–Kier alpha value is -3.76. The van der Waals surface area contributed by atoms with Crippen LogP contribution in [0.25, 0.3) is 5.57 Å². The predicted molar refractivity (Wildman–Crippen MR) is 328 cm³/mol. The first kappa shape index (κ1) is 58.9. The molecule has 1 aliphatic heterocycles. The minimum absolute atomic E-state index is 0.0109. The number of aromatic nitrogens is 2. The number of carbonyl (C=O) groups is 1. The number of rotatable bonds is 35. The molecule has 0 spiro atoms. The molecular formula is C67H109N9O2. The molecule has 1 aromatic heterocycles. The summed E-state index contributed by atoms with van der Waals surface area (Å²) in [5, 5.41) is 27.5. The molecule has 6 saturated carbocycles. The number of amidine groups is 1. The van der Waals surface area contributed by atoms with Gasteiger partial charge in [-0.25, -0.2) is 4.99 Å². The summed E-state index contributed by atoms with van der Waals surface area (Å²) in [6.07, 6.45) is 55.9. The minimum Gasteiger partial charge on any atom is -0.506 e. The highest BCUT2D eigenvalue weighted by molar-refractivity contribution is 6.46. The molecule has 5 N–H and O–H groups in total. The lowest BCUT2D eigenvalue weighted by Crippen LogP contribution is -2.42. The lowest BCUT2D eigenvalue weighted by molar-refractivity contribution is -0.111. The Morgan fingerprint density at radius 3 is 1.24 bits per heavy atom. The zero-order valence-corrected chi connectivity index (χ0v) is 49.2. The number of carbonyl (C=O) groups excluding carboxylic acids is 1. The topological polar surface area (TPSA) is 148 Å². The average molecular weight is 1070 g/mol. The van der Waals surface area contributed by atoms with Crippen LogP contribution in [0.5, 0.6) is 0 Å². The number of aliphatic imine (C=N–C) groups is 3. The molecule has 0 saturated heterocycles. The highest BCUT2D eigenvalue weighted by Gasteiger charge is 2.43. The zero-order valence-electron chi connectivity index (χ0n) is 49.2. The first-order chi connectivity index (χ1) is 38.6. The molecule has 0 aromatic carbocycles. The fourth-order valence-electron chi connectivity index (χ4n) is 15.5. The van der Waals surface area contributed by atoms with Gasteiger partial charge >= 0.3 is 0 Å². The largest absolute Gasteiger partial charge is 0.506 e. The molecule has 9 rings (SSSR count). The Bertz CT molecular complexity index is 2090. The maximum Gasteiger partial charge on any atom is 0.226 e. The van der Waals surface area contributed by atoms with E-state index >= 15 is 4.79 Å². The molecule has 0 radical (unpaired) electrons. The van der Waals surface area contributed by atoms with E-state index < -0.39 is 0 Å². The van der Waals surface area contributed by atoms with Crippen LogP contribution in [0, 0.1) is 35.5 Å². The van der Waals surface area contributed by atoms with Crippen LogP contribution in [0.15, 0.2) is 31.9 Å². The van der Waals surface area contributed by atoms with E-state index in [4.69, 9.17) is 24.9 Å². The van der Waals surface area contributed by atoms with Gasteiger partial charge < -0.3 is 26.4 Å². The van der Waals surface area contributed by atoms with E-state index in [1.807, 2.05) is 0 Å². The smallest absolute Gasteiger partial charge is 0.226 e. The monoisotopic (exact) mass is 1070 g/mol. The van der Waals surface area contributed by atoms with E-state index in [1.54, 1.807) is 0 Å². The van der Waals surface area contributed by atoms with Gasteiger partial charge in [-0.3, -0.25) is 14.8 Å². The van der Waals surface area contributed by atoms with E-state index in [0.29, 0.717) is 64.6 Å². The molecule has 0 atom stereocenters. The summed E-state index contributed by atoms with van der Waals surface area (Å²) >= 11 is 0. The van der Waals surface area contributed by atoms with Crippen molar-refractivity contribution in [2.75, 3.05) is 48.7 Å². The number of aliphatic hydroxyl groups excluding tert-OH is 1. The Labute approximate surface area is 473 Å². The third kappa shape index (κ3) is 18.1. The summed E-state index contributed by atoms with van der Waals surface area (Å²) in [7, 11) is 0. The highest BCUT2D eigenvalue weighted by Crippen LogP contribution is 2.45. The van der Waals surface area contributed by atoms with Gasteiger partial charge in [-0.1, -0.05) is 238 Å². The van der Waals surface area contributed by atoms with Crippen molar-refractivity contribution >= 4 is 46.4 Å². The van der Waals surface area contributed by atoms with Gasteiger partial charge in [-0.05, 0) is 80.5 Å². The number of nitrogens with one attached hydrogen (secondary N) is 4. The molecule has 78 heavy (non-hydrogen) atoms. The fraction of sp³-hybridized carbons (Fsp3) is 0.821. The van der Waals surface area contributed by atoms with Crippen molar-refractivity contribution in [2.45, 2.75) is 283 Å². The predicted octanol–water partition coefficient (Wildman–Crippen LogP) is 17.6. The van der Waals surface area contributed by atoms with Gasteiger partial charge in [0.15, 0.2) is 0 Å². The number of aliphatic hydroxyl groups is 1. The number of nitrogens with zero attached hydrogens (tertiary/aromatic N) is 5. The van der Waals surface area contributed by atoms with Gasteiger partial charge in [0.05, 0.1) is 28.0 Å². The molecule has 11 nitrogen and oxygen atoms in total. The van der Waals surface area contributed by atoms with E-state index in [1.165, 1.54) is 225 Å². The van der Waals surface area contributed by atoms with Gasteiger partial charge in [0.2, 0.25) is 17.7 Å². The number of guanidine groups is 1. The standard InChI is InChI=1S/C67H109N9O2/c77-61-58(57-56(44-3-1-2-26-50-27-4-5-28-50)73-66(71-48-24-19-42-54-35-12-13-36-54)74-63(57)68-45-21-16-39-51-29-6-7-30-51)62(78)59(61)60-64(69-46-22-17-40-52-31-8-9-32-52)75-67(72-49-25-20-43-55-37-14-15-38-55)76-65(60)70-47-23-18-41-53-33-10-11-34-53/h50-55,77H,1-49H2,(H,68,71,74)(H3,69,70,72,75,76). The highest BCUT2D eigenvalue weighted by atomic mass is 16.3. The molecule has 434 valence electrons. The normalized spacial score (nSPS) is 23.2. The first-order valence-electron chi connectivity index (χ1n) is 33.9. The maximum atomic E-state index is 15.5. The third-order valence-corrected chi connectivity index (χ3v) is 20.3. The summed E-state index contributed by atoms with van der Waals surface area (Å²) < 4.78 is 0. The molecular weight excluding hydrogens is 963 g/mol. The molecule has 8 aliphatic rings. The van der Waals surface area contributed by atoms with Crippen molar-refractivity contribution in [2.24, 2.45) is 50.5 Å². The van der Waals surface area contributed by atoms with Crippen LogP contribution in [0.2, 0.25) is 0 Å². The molecule has 0 amide bonds. The van der Waals surface area contributed by atoms with Crippen LogP contribution in [0.4, 0.5) is 17.6 Å². The summed E-state index contributed by atoms with van der Waals surface area (Å²) in [5.74, 6) is 8.13. The number of Topliss-reactive ketones (excluding diaryl/α,β-unsaturated/α-hetero) is 1. The van der Waals surface area contributed by atoms with Crippen LogP contribution in [0.3, 0.4) is 0 Å². The Morgan fingerprint density at radius 1 is 0.436 bits per heavy atom. The van der Waals surface area contributed by atoms with Gasteiger partial charge in [0, 0.05) is 32.7 Å². The molecule has 6 fully saturated rings. The van der Waals surface area contributed by atoms with Crippen molar-refractivity contribution in [3.05, 3.63) is 22.5 Å². The Morgan fingerprint density at radius 2 is 0.821 bits per heavy atom. The zero-order chi connectivity index (χ0) is 53.4. The summed E-state index contributed by atoms with van der Waals surface area (Å²) in [4.78, 5) is 41.6. The number of hydrogen-bond acceptors (Lipinski definition) is 9. The van der Waals surface area contributed by atoms with E-state index in [0.717, 1.165) is 119 Å². The Balaban J connectivity index is 1.01. The van der Waals surface area contributed by atoms with Gasteiger partial charge in [-0.15, -0.1) is 0 Å². The molecule has 11 heteroatoms. The lowest BCUT2D eigenvalue weighted by atomic mass is 9.78. The maximum absolute atomic E-state index is 15.5. The van der Waals surface area contributed by atoms with E-state index in [9.17, 15) is 5.11 Å². The summed E-state index contributed by atoms with van der Waals surface area (Å²) in [5.41, 5.74) is 2.74. The lowest BCUT2D eigenvalue weighted by Gasteiger charge is -2.30. The Kier molecular flexibility index (Phi) is 24.6. The number of unbranched alkanes of at least 4 members (excludes halogenated alkanes) is 7. The molecule has 0 bridgehead atoms. The minimum atomic E-state index is -0.177. The number of hydrogen-bond donors (Lipinski definition) is 5. The second kappa shape index (κ2) is 32.6. The number of anilines is 3. The van der Waals surface area contributed by atoms with Crippen LogP contribution in [-0.4, -0.2) is 71.1 Å². The van der Waals surface area contributed by atoms with Gasteiger partial charge in [-0.2, -0.15) is 9.97 Å². The van der Waals surface area contributed by atoms with Gasteiger partial charge in [0.25, 0.3) is 0 Å². The third-order valence-electron chi connectivity index (χ3n) is 20.3. The van der Waals surface area contributed by atoms with Crippen molar-refractivity contribution in [1.29, 1.82) is 0 Å². The second-order valence-electron chi connectivity index (χ2n) is 26.3. The SMILES string of the molecule is O=C1C(=C2C(CCCCCC3CCCC3)=NC(=NCCCCC3CCCC3)NC2=NCCCCC2CCCC2)C(O)=C1c1c(NCCCCC2CCCC2)nc(NCCCCC2CCCC2)nc1NCCCCC1CCCC1. The number of allylic oxidation sites excluding steroid dienone is 2. The van der Waals surface area contributed by atoms with Crippen LogP contribution < -0.4 is 21.3 Å². The molecule has 2 heterocycles.